The van der Waals surface area contributed by atoms with Gasteiger partial charge >= 0.3 is 5.97 Å². The Hall–Kier alpha value is -1.52. The van der Waals surface area contributed by atoms with E-state index in [1.54, 1.807) is 6.92 Å². The maximum Gasteiger partial charge on any atom is 0.322 e. The molecule has 1 aromatic heterocycles. The number of sulfonamides is 1. The average Bonchev–Trinajstić information content (AvgIpc) is 2.63. The molecule has 0 aliphatic rings. The number of nitrogens with one attached hydrogen (secondary N) is 1. The third kappa shape index (κ3) is 3.75. The zero-order chi connectivity index (χ0) is 13.9. The number of carboxylic acids is 1. The van der Waals surface area contributed by atoms with Gasteiger partial charge in [0.2, 0.25) is 5.91 Å². The van der Waals surface area contributed by atoms with Crippen LogP contribution >= 0.6 is 11.3 Å². The SMILES string of the molecule is Cc1ncc(S(=O)(=O)NC(CC(N)=O)C(=O)O)s1. The predicted octanol–water partition coefficient (Wildman–Crippen LogP) is -0.942. The van der Waals surface area contributed by atoms with E-state index in [1.165, 1.54) is 0 Å². The zero-order valence-electron chi connectivity index (χ0n) is 9.28. The van der Waals surface area contributed by atoms with Gasteiger partial charge in [-0.15, -0.1) is 11.3 Å². The summed E-state index contributed by atoms with van der Waals surface area (Å²) in [6.45, 7) is 1.61. The Kier molecular flexibility index (Phi) is 4.38. The molecule has 10 heteroatoms. The standard InChI is InChI=1S/C8H11N3O5S2/c1-4-10-3-7(17-4)18(15,16)11-5(8(13)14)2-6(9)12/h3,5,11H,2H2,1H3,(H2,9,12)(H,13,14). The number of hydrogen-bond donors (Lipinski definition) is 3. The summed E-state index contributed by atoms with van der Waals surface area (Å²) in [7, 11) is -4.01. The monoisotopic (exact) mass is 293 g/mol. The predicted molar refractivity (Wildman–Crippen MR) is 62.4 cm³/mol. The molecule has 0 saturated heterocycles. The number of aliphatic carboxylic acids is 1. The lowest BCUT2D eigenvalue weighted by Gasteiger charge is -2.11. The molecule has 0 aliphatic carbocycles. The molecule has 0 spiro atoms. The van der Waals surface area contributed by atoms with Crippen LogP contribution in [0.4, 0.5) is 0 Å². The van der Waals surface area contributed by atoms with Crippen molar-refractivity contribution in [3.63, 3.8) is 0 Å². The van der Waals surface area contributed by atoms with E-state index in [9.17, 15) is 18.0 Å². The van der Waals surface area contributed by atoms with E-state index < -0.39 is 34.4 Å². The molecular weight excluding hydrogens is 282 g/mol. The minimum Gasteiger partial charge on any atom is -0.480 e. The van der Waals surface area contributed by atoms with Crippen LogP contribution in [-0.2, 0) is 19.6 Å². The second-order valence-electron chi connectivity index (χ2n) is 3.38. The summed E-state index contributed by atoms with van der Waals surface area (Å²) in [5.74, 6) is -2.39. The largest absolute Gasteiger partial charge is 0.480 e. The Labute approximate surface area is 107 Å². The first-order chi connectivity index (χ1) is 8.22. The van der Waals surface area contributed by atoms with Crippen LogP contribution in [0.2, 0.25) is 0 Å². The number of nitrogens with two attached hydrogens (primary N) is 1. The van der Waals surface area contributed by atoms with Gasteiger partial charge in [-0.3, -0.25) is 9.59 Å². The summed E-state index contributed by atoms with van der Waals surface area (Å²) in [5.41, 5.74) is 4.85. The van der Waals surface area contributed by atoms with E-state index in [0.717, 1.165) is 17.5 Å². The van der Waals surface area contributed by atoms with E-state index in [4.69, 9.17) is 10.8 Å². The van der Waals surface area contributed by atoms with Gasteiger partial charge in [-0.1, -0.05) is 0 Å². The van der Waals surface area contributed by atoms with Crippen molar-refractivity contribution in [2.24, 2.45) is 5.73 Å². The summed E-state index contributed by atoms with van der Waals surface area (Å²) in [4.78, 5) is 25.2. The van der Waals surface area contributed by atoms with Gasteiger partial charge < -0.3 is 10.8 Å². The maximum absolute atomic E-state index is 11.8. The highest BCUT2D eigenvalue weighted by Crippen LogP contribution is 2.18. The van der Waals surface area contributed by atoms with Crippen molar-refractivity contribution in [2.45, 2.75) is 23.6 Å². The van der Waals surface area contributed by atoms with Crippen LogP contribution in [0.3, 0.4) is 0 Å². The first kappa shape index (κ1) is 14.5. The Morgan fingerprint density at radius 2 is 2.22 bits per heavy atom. The lowest BCUT2D eigenvalue weighted by atomic mass is 10.2. The van der Waals surface area contributed by atoms with Gasteiger partial charge in [0.25, 0.3) is 10.0 Å². The number of thiazole rings is 1. The fourth-order valence-corrected chi connectivity index (χ4v) is 3.41. The molecule has 0 saturated carbocycles. The van der Waals surface area contributed by atoms with Crippen molar-refractivity contribution in [2.75, 3.05) is 0 Å². The Bertz CT molecular complexity index is 565. The van der Waals surface area contributed by atoms with Crippen LogP contribution in [0.5, 0.6) is 0 Å². The summed E-state index contributed by atoms with van der Waals surface area (Å²) < 4.78 is 25.4. The highest BCUT2D eigenvalue weighted by Gasteiger charge is 2.28. The number of primary amides is 1. The molecule has 1 unspecified atom stereocenters. The number of carboxylic acid groups (broad SMARTS) is 1. The third-order valence-electron chi connectivity index (χ3n) is 1.87. The molecule has 1 heterocycles. The van der Waals surface area contributed by atoms with Gasteiger partial charge in [0, 0.05) is 0 Å². The number of aryl methyl sites for hydroxylation is 1. The smallest absolute Gasteiger partial charge is 0.322 e. The molecular formula is C8H11N3O5S2. The lowest BCUT2D eigenvalue weighted by molar-refractivity contribution is -0.140. The molecule has 8 nitrogen and oxygen atoms in total. The topological polar surface area (TPSA) is 139 Å². The molecule has 4 N–H and O–H groups in total. The van der Waals surface area contributed by atoms with Crippen LogP contribution in [0, 0.1) is 6.92 Å². The normalized spacial score (nSPS) is 13.2. The third-order valence-corrected chi connectivity index (χ3v) is 4.71. The van der Waals surface area contributed by atoms with E-state index >= 15 is 0 Å². The van der Waals surface area contributed by atoms with E-state index in [2.05, 4.69) is 4.98 Å². The van der Waals surface area contributed by atoms with Crippen LogP contribution < -0.4 is 10.5 Å². The number of nitrogens with zero attached hydrogens (tertiary/aromatic N) is 1. The van der Waals surface area contributed by atoms with Crippen LogP contribution in [-0.4, -0.2) is 36.4 Å². The molecule has 1 amide bonds. The highest BCUT2D eigenvalue weighted by atomic mass is 32.2. The molecule has 1 aromatic rings. The number of hydrogen-bond acceptors (Lipinski definition) is 6. The Balaban J connectivity index is 2.93. The number of carbonyl (C=O) groups excluding carboxylic acids is 1. The molecule has 1 rings (SSSR count). The molecule has 0 aromatic carbocycles. The molecule has 18 heavy (non-hydrogen) atoms. The van der Waals surface area contributed by atoms with Crippen molar-refractivity contribution in [3.05, 3.63) is 11.2 Å². The lowest BCUT2D eigenvalue weighted by Crippen LogP contribution is -2.43. The first-order valence-electron chi connectivity index (χ1n) is 4.68. The van der Waals surface area contributed by atoms with Crippen LogP contribution in [0.15, 0.2) is 10.4 Å². The first-order valence-corrected chi connectivity index (χ1v) is 6.98. The summed E-state index contributed by atoms with van der Waals surface area (Å²) in [6.07, 6.45) is 0.498. The van der Waals surface area contributed by atoms with Crippen molar-refractivity contribution >= 4 is 33.2 Å². The van der Waals surface area contributed by atoms with Gasteiger partial charge in [0.05, 0.1) is 17.6 Å². The number of amides is 1. The van der Waals surface area contributed by atoms with E-state index in [-0.39, 0.29) is 4.21 Å². The van der Waals surface area contributed by atoms with E-state index in [0.29, 0.717) is 5.01 Å². The Morgan fingerprint density at radius 1 is 1.61 bits per heavy atom. The molecule has 0 radical (unpaired) electrons. The van der Waals surface area contributed by atoms with Gasteiger partial charge in [-0.05, 0) is 6.92 Å². The molecule has 100 valence electrons. The van der Waals surface area contributed by atoms with Crippen molar-refractivity contribution in [1.82, 2.24) is 9.71 Å². The fraction of sp³-hybridized carbons (Fsp3) is 0.375. The number of aromatic nitrogens is 1. The zero-order valence-corrected chi connectivity index (χ0v) is 10.9. The van der Waals surface area contributed by atoms with Gasteiger partial charge in [-0.2, -0.15) is 4.72 Å². The average molecular weight is 293 g/mol. The summed E-state index contributed by atoms with van der Waals surface area (Å²) in [5, 5.41) is 9.32. The summed E-state index contributed by atoms with van der Waals surface area (Å²) >= 11 is 0.897. The molecule has 0 aliphatic heterocycles. The highest BCUT2D eigenvalue weighted by molar-refractivity contribution is 7.91. The van der Waals surface area contributed by atoms with Crippen molar-refractivity contribution in [3.8, 4) is 0 Å². The molecule has 1 atom stereocenters. The maximum atomic E-state index is 11.8. The van der Waals surface area contributed by atoms with Crippen LogP contribution in [0.1, 0.15) is 11.4 Å². The summed E-state index contributed by atoms with van der Waals surface area (Å²) in [6, 6.07) is -1.59. The van der Waals surface area contributed by atoms with E-state index in [1.807, 2.05) is 4.72 Å². The number of rotatable bonds is 6. The fourth-order valence-electron chi connectivity index (χ4n) is 1.09. The molecule has 0 bridgehead atoms. The second kappa shape index (κ2) is 5.42. The van der Waals surface area contributed by atoms with Crippen LogP contribution in [0.25, 0.3) is 0 Å². The van der Waals surface area contributed by atoms with Gasteiger partial charge in [0.1, 0.15) is 6.04 Å². The van der Waals surface area contributed by atoms with Gasteiger partial charge in [-0.25, -0.2) is 13.4 Å². The molecule has 0 fully saturated rings. The minimum absolute atomic E-state index is 0.115. The van der Waals surface area contributed by atoms with Gasteiger partial charge in [0.15, 0.2) is 4.21 Å². The Morgan fingerprint density at radius 3 is 2.61 bits per heavy atom. The van der Waals surface area contributed by atoms with Crippen molar-refractivity contribution in [1.29, 1.82) is 0 Å². The number of carbonyl (C=O) groups is 2. The minimum atomic E-state index is -4.01. The van der Waals surface area contributed by atoms with Crippen molar-refractivity contribution < 1.29 is 23.1 Å². The second-order valence-corrected chi connectivity index (χ2v) is 6.56. The quantitative estimate of drug-likeness (QED) is 0.618.